The quantitative estimate of drug-likeness (QED) is 0.412. The van der Waals surface area contributed by atoms with Crippen LogP contribution in [-0.2, 0) is 4.74 Å². The van der Waals surface area contributed by atoms with Crippen LogP contribution in [0.3, 0.4) is 0 Å². The van der Waals surface area contributed by atoms with Crippen LogP contribution in [0.4, 0.5) is 0 Å². The first kappa shape index (κ1) is 22.4. The molecule has 3 aromatic rings. The summed E-state index contributed by atoms with van der Waals surface area (Å²) in [5.74, 6) is 0.762. The largest absolute Gasteiger partial charge is 0.494 e. The Bertz CT molecular complexity index is 1050. The highest BCUT2D eigenvalue weighted by atomic mass is 35.5. The number of hydrogen-bond acceptors (Lipinski definition) is 4. The molecule has 0 saturated heterocycles. The summed E-state index contributed by atoms with van der Waals surface area (Å²) in [5, 5.41) is 8.11. The fourth-order valence-corrected chi connectivity index (χ4v) is 4.21. The van der Waals surface area contributed by atoms with Crippen LogP contribution in [-0.4, -0.2) is 47.9 Å². The molecule has 1 atom stereocenters. The van der Waals surface area contributed by atoms with Crippen LogP contribution in [0.25, 0.3) is 11.3 Å². The summed E-state index contributed by atoms with van der Waals surface area (Å²) >= 11 is 6.07. The highest BCUT2D eigenvalue weighted by molar-refractivity contribution is 6.30. The zero-order valence-corrected chi connectivity index (χ0v) is 19.2. The lowest BCUT2D eigenvalue weighted by molar-refractivity contribution is 0.0677. The van der Waals surface area contributed by atoms with Crippen molar-refractivity contribution in [2.24, 2.45) is 0 Å². The SMILES string of the molecule is CCCCCOc1ccc(C2c3c(-c4ccc(Cl)cc4)n[nH]c3C(=O)N2CCOC)cc1. The van der Waals surface area contributed by atoms with Crippen LogP contribution in [0.15, 0.2) is 48.5 Å². The van der Waals surface area contributed by atoms with E-state index < -0.39 is 0 Å². The van der Waals surface area contributed by atoms with E-state index in [0.717, 1.165) is 47.4 Å². The van der Waals surface area contributed by atoms with Gasteiger partial charge in [-0.2, -0.15) is 5.10 Å². The number of rotatable bonds is 10. The maximum Gasteiger partial charge on any atom is 0.273 e. The third-order valence-electron chi connectivity index (χ3n) is 5.73. The number of H-pyrrole nitrogens is 1. The lowest BCUT2D eigenvalue weighted by Gasteiger charge is -2.26. The summed E-state index contributed by atoms with van der Waals surface area (Å²) in [7, 11) is 1.64. The van der Waals surface area contributed by atoms with Gasteiger partial charge < -0.3 is 14.4 Å². The van der Waals surface area contributed by atoms with E-state index in [1.165, 1.54) is 0 Å². The van der Waals surface area contributed by atoms with Crippen molar-refractivity contribution in [2.45, 2.75) is 32.2 Å². The van der Waals surface area contributed by atoms with E-state index in [9.17, 15) is 4.79 Å². The number of nitrogens with one attached hydrogen (secondary N) is 1. The number of carbonyl (C=O) groups excluding carboxylic acids is 1. The number of ether oxygens (including phenoxy) is 2. The zero-order valence-electron chi connectivity index (χ0n) is 18.4. The maximum absolute atomic E-state index is 13.2. The highest BCUT2D eigenvalue weighted by Crippen LogP contribution is 2.43. The van der Waals surface area contributed by atoms with E-state index in [4.69, 9.17) is 21.1 Å². The molecule has 168 valence electrons. The molecule has 4 rings (SSSR count). The Balaban J connectivity index is 1.67. The Kier molecular flexibility index (Phi) is 7.12. The molecule has 1 unspecified atom stereocenters. The Morgan fingerprint density at radius 1 is 1.06 bits per heavy atom. The Hall–Kier alpha value is -2.83. The molecule has 1 aliphatic rings. The molecule has 1 N–H and O–H groups in total. The summed E-state index contributed by atoms with van der Waals surface area (Å²) in [6.45, 7) is 3.82. The molecule has 0 aliphatic carbocycles. The summed E-state index contributed by atoms with van der Waals surface area (Å²) in [4.78, 5) is 15.0. The Morgan fingerprint density at radius 3 is 2.50 bits per heavy atom. The van der Waals surface area contributed by atoms with Crippen LogP contribution in [0.2, 0.25) is 5.02 Å². The average molecular weight is 454 g/mol. The van der Waals surface area contributed by atoms with Gasteiger partial charge in [0.2, 0.25) is 0 Å². The molecule has 0 spiro atoms. The van der Waals surface area contributed by atoms with Crippen molar-refractivity contribution in [3.05, 3.63) is 70.4 Å². The molecule has 0 radical (unpaired) electrons. The second-order valence-corrected chi connectivity index (χ2v) is 8.32. The second kappa shape index (κ2) is 10.2. The van der Waals surface area contributed by atoms with Crippen LogP contribution in [0, 0.1) is 0 Å². The molecular weight excluding hydrogens is 426 g/mol. The number of fused-ring (bicyclic) bond motifs is 1. The number of aromatic amines is 1. The maximum atomic E-state index is 13.2. The number of aromatic nitrogens is 2. The monoisotopic (exact) mass is 453 g/mol. The average Bonchev–Trinajstić information content (AvgIpc) is 3.35. The Labute approximate surface area is 193 Å². The smallest absolute Gasteiger partial charge is 0.273 e. The second-order valence-electron chi connectivity index (χ2n) is 7.89. The fraction of sp³-hybridized carbons (Fsp3) is 0.360. The topological polar surface area (TPSA) is 67.5 Å². The summed E-state index contributed by atoms with van der Waals surface area (Å²) in [6.07, 6.45) is 3.37. The number of amides is 1. The van der Waals surface area contributed by atoms with Crippen LogP contribution < -0.4 is 4.74 Å². The van der Waals surface area contributed by atoms with Gasteiger partial charge >= 0.3 is 0 Å². The zero-order chi connectivity index (χ0) is 22.5. The predicted molar refractivity (Wildman–Crippen MR) is 125 cm³/mol. The minimum Gasteiger partial charge on any atom is -0.494 e. The molecule has 6 nitrogen and oxygen atoms in total. The van der Waals surface area contributed by atoms with Crippen LogP contribution in [0.1, 0.15) is 53.8 Å². The van der Waals surface area contributed by atoms with Crippen molar-refractivity contribution >= 4 is 17.5 Å². The highest BCUT2D eigenvalue weighted by Gasteiger charge is 2.41. The van der Waals surface area contributed by atoms with E-state index in [-0.39, 0.29) is 11.9 Å². The van der Waals surface area contributed by atoms with E-state index in [1.807, 2.05) is 53.4 Å². The number of nitrogens with zero attached hydrogens (tertiary/aromatic N) is 2. The molecule has 0 saturated carbocycles. The molecule has 2 aromatic carbocycles. The minimum absolute atomic E-state index is 0.0744. The lowest BCUT2D eigenvalue weighted by atomic mass is 9.96. The van der Waals surface area contributed by atoms with Gasteiger partial charge in [-0.25, -0.2) is 0 Å². The van der Waals surface area contributed by atoms with Gasteiger partial charge in [0.25, 0.3) is 5.91 Å². The van der Waals surface area contributed by atoms with E-state index in [1.54, 1.807) is 7.11 Å². The van der Waals surface area contributed by atoms with Gasteiger partial charge in [0.05, 0.1) is 24.9 Å². The van der Waals surface area contributed by atoms with E-state index >= 15 is 0 Å². The van der Waals surface area contributed by atoms with Crippen molar-refractivity contribution in [1.82, 2.24) is 15.1 Å². The third-order valence-corrected chi connectivity index (χ3v) is 5.98. The molecule has 1 amide bonds. The summed E-state index contributed by atoms with van der Waals surface area (Å²) < 4.78 is 11.1. The molecule has 0 bridgehead atoms. The molecule has 0 fully saturated rings. The van der Waals surface area contributed by atoms with Gasteiger partial charge in [-0.3, -0.25) is 9.89 Å². The number of halogens is 1. The standard InChI is InChI=1S/C25H28ClN3O3/c1-3-4-5-15-32-20-12-8-18(9-13-20)24-21-22(17-6-10-19(26)11-7-17)27-28-23(21)25(30)29(24)14-16-31-2/h6-13,24H,3-5,14-16H2,1-2H3,(H,27,28). The van der Waals surface area contributed by atoms with Gasteiger partial charge in [-0.15, -0.1) is 0 Å². The molecular formula is C25H28ClN3O3. The van der Waals surface area contributed by atoms with Gasteiger partial charge in [-0.05, 0) is 36.2 Å². The number of benzene rings is 2. The summed E-state index contributed by atoms with van der Waals surface area (Å²) in [6, 6.07) is 15.2. The molecule has 1 aliphatic heterocycles. The van der Waals surface area contributed by atoms with Crippen molar-refractivity contribution in [2.75, 3.05) is 26.9 Å². The van der Waals surface area contributed by atoms with Gasteiger partial charge in [-0.1, -0.05) is 55.6 Å². The van der Waals surface area contributed by atoms with Gasteiger partial charge in [0, 0.05) is 29.8 Å². The number of hydrogen-bond donors (Lipinski definition) is 1. The van der Waals surface area contributed by atoms with E-state index in [0.29, 0.717) is 30.5 Å². The normalized spacial score (nSPS) is 15.3. The molecule has 1 aromatic heterocycles. The lowest BCUT2D eigenvalue weighted by Crippen LogP contribution is -2.32. The van der Waals surface area contributed by atoms with Gasteiger partial charge in [0.1, 0.15) is 11.4 Å². The number of unbranched alkanes of at least 4 members (excludes halogenated alkanes) is 2. The van der Waals surface area contributed by atoms with Crippen molar-refractivity contribution in [3.63, 3.8) is 0 Å². The Morgan fingerprint density at radius 2 is 1.81 bits per heavy atom. The first-order chi connectivity index (χ1) is 15.6. The fourth-order valence-electron chi connectivity index (χ4n) is 4.08. The van der Waals surface area contributed by atoms with E-state index in [2.05, 4.69) is 17.1 Å². The predicted octanol–water partition coefficient (Wildman–Crippen LogP) is 5.49. The molecule has 7 heteroatoms. The molecule has 32 heavy (non-hydrogen) atoms. The third kappa shape index (κ3) is 4.52. The first-order valence-electron chi connectivity index (χ1n) is 11.0. The van der Waals surface area contributed by atoms with Crippen LogP contribution >= 0.6 is 11.6 Å². The first-order valence-corrected chi connectivity index (χ1v) is 11.4. The van der Waals surface area contributed by atoms with Crippen molar-refractivity contribution < 1.29 is 14.3 Å². The minimum atomic E-state index is -0.258. The number of methoxy groups -OCH3 is 1. The van der Waals surface area contributed by atoms with Crippen LogP contribution in [0.5, 0.6) is 5.75 Å². The van der Waals surface area contributed by atoms with Gasteiger partial charge in [0.15, 0.2) is 0 Å². The van der Waals surface area contributed by atoms with Crippen molar-refractivity contribution in [3.8, 4) is 17.0 Å². The molecule has 2 heterocycles. The van der Waals surface area contributed by atoms with Crippen molar-refractivity contribution in [1.29, 1.82) is 0 Å². The summed E-state index contributed by atoms with van der Waals surface area (Å²) in [5.41, 5.74) is 4.08. The number of carbonyl (C=O) groups is 1.